The Hall–Kier alpha value is -1.78. The van der Waals surface area contributed by atoms with E-state index in [2.05, 4.69) is 17.2 Å². The van der Waals surface area contributed by atoms with Crippen molar-refractivity contribution < 1.29 is 9.84 Å². The summed E-state index contributed by atoms with van der Waals surface area (Å²) in [6.45, 7) is 0.897. The lowest BCUT2D eigenvalue weighted by Crippen LogP contribution is -2.26. The number of benzene rings is 1. The molecular weight excluding hydrogens is 252 g/mol. The van der Waals surface area contributed by atoms with Crippen LogP contribution in [0.3, 0.4) is 0 Å². The Morgan fingerprint density at radius 3 is 2.45 bits per heavy atom. The van der Waals surface area contributed by atoms with Gasteiger partial charge in [0.15, 0.2) is 0 Å². The lowest BCUT2D eigenvalue weighted by Gasteiger charge is -2.26. The van der Waals surface area contributed by atoms with Gasteiger partial charge in [0.05, 0.1) is 19.8 Å². The number of hydrogen-bond donors (Lipinski definition) is 1. The molecule has 1 heterocycles. The third-order valence-corrected chi connectivity index (χ3v) is 3.53. The van der Waals surface area contributed by atoms with Crippen LogP contribution in [-0.4, -0.2) is 35.3 Å². The number of aliphatic hydroxyl groups excluding tert-OH is 1. The first-order chi connectivity index (χ1) is 9.63. The van der Waals surface area contributed by atoms with Crippen LogP contribution in [0.25, 0.3) is 0 Å². The van der Waals surface area contributed by atoms with Crippen LogP contribution in [-0.2, 0) is 13.6 Å². The van der Waals surface area contributed by atoms with E-state index in [0.717, 1.165) is 17.9 Å². The van der Waals surface area contributed by atoms with E-state index in [9.17, 15) is 5.11 Å². The minimum Gasteiger partial charge on any atom is -0.497 e. The molecule has 0 aliphatic rings. The van der Waals surface area contributed by atoms with E-state index >= 15 is 0 Å². The van der Waals surface area contributed by atoms with Crippen molar-refractivity contribution >= 4 is 0 Å². The van der Waals surface area contributed by atoms with Crippen molar-refractivity contribution in [1.29, 1.82) is 0 Å². The van der Waals surface area contributed by atoms with Gasteiger partial charge in [0.2, 0.25) is 0 Å². The molecular formula is C16H22N2O2. The van der Waals surface area contributed by atoms with Crippen molar-refractivity contribution in [2.45, 2.75) is 12.6 Å². The minimum atomic E-state index is -0.0129. The summed E-state index contributed by atoms with van der Waals surface area (Å²) in [4.78, 5) is 2.15. The van der Waals surface area contributed by atoms with Crippen molar-refractivity contribution in [3.05, 3.63) is 53.9 Å². The van der Waals surface area contributed by atoms with Crippen molar-refractivity contribution in [2.75, 3.05) is 20.8 Å². The molecule has 4 nitrogen and oxygen atoms in total. The van der Waals surface area contributed by atoms with Gasteiger partial charge in [0, 0.05) is 26.0 Å². The van der Waals surface area contributed by atoms with Crippen LogP contribution in [0.5, 0.6) is 5.75 Å². The molecule has 0 spiro atoms. The van der Waals surface area contributed by atoms with Crippen LogP contribution in [0.15, 0.2) is 42.7 Å². The molecule has 0 aliphatic heterocycles. The number of aromatic nitrogens is 1. The second kappa shape index (κ2) is 6.59. The van der Waals surface area contributed by atoms with Crippen molar-refractivity contribution in [1.82, 2.24) is 9.47 Å². The fourth-order valence-electron chi connectivity index (χ4n) is 2.38. The molecule has 0 fully saturated rings. The number of likely N-dealkylation sites (N-methyl/N-ethyl adjacent to an activating group) is 1. The SMILES string of the molecule is COc1ccc(C(CO)N(C)Cc2ccn(C)c2)cc1. The topological polar surface area (TPSA) is 37.6 Å². The van der Waals surface area contributed by atoms with E-state index in [-0.39, 0.29) is 12.6 Å². The third-order valence-electron chi connectivity index (χ3n) is 3.53. The summed E-state index contributed by atoms with van der Waals surface area (Å²) in [6.07, 6.45) is 4.13. The highest BCUT2D eigenvalue weighted by Gasteiger charge is 2.16. The van der Waals surface area contributed by atoms with Gasteiger partial charge in [-0.25, -0.2) is 0 Å². The summed E-state index contributed by atoms with van der Waals surface area (Å²) in [5.41, 5.74) is 2.33. The van der Waals surface area contributed by atoms with Gasteiger partial charge < -0.3 is 14.4 Å². The van der Waals surface area contributed by atoms with E-state index in [1.807, 2.05) is 49.1 Å². The molecule has 0 saturated carbocycles. The predicted molar refractivity (Wildman–Crippen MR) is 79.7 cm³/mol. The number of aliphatic hydroxyl groups is 1. The fourth-order valence-corrected chi connectivity index (χ4v) is 2.38. The standard InChI is InChI=1S/C16H22N2O2/c1-17-9-8-13(10-17)11-18(2)16(12-19)14-4-6-15(20-3)7-5-14/h4-10,16,19H,11-12H2,1-3H3. The quantitative estimate of drug-likeness (QED) is 0.877. The van der Waals surface area contributed by atoms with Crippen molar-refractivity contribution in [3.8, 4) is 5.75 Å². The van der Waals surface area contributed by atoms with Crippen LogP contribution >= 0.6 is 0 Å². The largest absolute Gasteiger partial charge is 0.497 e. The third kappa shape index (κ3) is 3.40. The first-order valence-corrected chi connectivity index (χ1v) is 6.70. The van der Waals surface area contributed by atoms with Crippen molar-refractivity contribution in [2.24, 2.45) is 7.05 Å². The minimum absolute atomic E-state index is 0.0129. The van der Waals surface area contributed by atoms with Crippen LogP contribution in [0.1, 0.15) is 17.2 Å². The maximum Gasteiger partial charge on any atom is 0.118 e. The molecule has 1 aromatic heterocycles. The average Bonchev–Trinajstić information content (AvgIpc) is 2.85. The zero-order valence-corrected chi connectivity index (χ0v) is 12.3. The Bertz CT molecular complexity index is 534. The van der Waals surface area contributed by atoms with Crippen molar-refractivity contribution in [3.63, 3.8) is 0 Å². The van der Waals surface area contributed by atoms with E-state index in [1.54, 1.807) is 7.11 Å². The molecule has 0 amide bonds. The lowest BCUT2D eigenvalue weighted by atomic mass is 10.1. The van der Waals surface area contributed by atoms with E-state index in [0.29, 0.717) is 0 Å². The second-order valence-corrected chi connectivity index (χ2v) is 5.07. The Kier molecular flexibility index (Phi) is 4.82. The van der Waals surface area contributed by atoms with E-state index in [4.69, 9.17) is 4.74 Å². The van der Waals surface area contributed by atoms with Gasteiger partial charge in [0.25, 0.3) is 0 Å². The molecule has 1 N–H and O–H groups in total. The van der Waals surface area contributed by atoms with E-state index < -0.39 is 0 Å². The lowest BCUT2D eigenvalue weighted by molar-refractivity contribution is 0.142. The molecule has 0 aliphatic carbocycles. The van der Waals surface area contributed by atoms with Gasteiger partial charge in [-0.05, 0) is 36.4 Å². The van der Waals surface area contributed by atoms with Crippen LogP contribution in [0, 0.1) is 0 Å². The second-order valence-electron chi connectivity index (χ2n) is 5.07. The summed E-state index contributed by atoms with van der Waals surface area (Å²) >= 11 is 0. The zero-order chi connectivity index (χ0) is 14.5. The van der Waals surface area contributed by atoms with Gasteiger partial charge in [-0.15, -0.1) is 0 Å². The molecule has 20 heavy (non-hydrogen) atoms. The summed E-state index contributed by atoms with van der Waals surface area (Å²) in [6, 6.07) is 9.94. The number of ether oxygens (including phenoxy) is 1. The summed E-state index contributed by atoms with van der Waals surface area (Å²) in [5.74, 6) is 0.830. The normalized spacial score (nSPS) is 12.7. The Balaban J connectivity index is 2.09. The van der Waals surface area contributed by atoms with Gasteiger partial charge in [-0.1, -0.05) is 12.1 Å². The Morgan fingerprint density at radius 2 is 1.95 bits per heavy atom. The summed E-state index contributed by atoms with van der Waals surface area (Å²) in [5, 5.41) is 9.68. The molecule has 108 valence electrons. The number of methoxy groups -OCH3 is 1. The number of hydrogen-bond acceptors (Lipinski definition) is 3. The van der Waals surface area contributed by atoms with Gasteiger partial charge in [-0.3, -0.25) is 4.90 Å². The fraction of sp³-hybridized carbons (Fsp3) is 0.375. The van der Waals surface area contributed by atoms with Gasteiger partial charge >= 0.3 is 0 Å². The smallest absolute Gasteiger partial charge is 0.118 e. The molecule has 0 saturated heterocycles. The highest BCUT2D eigenvalue weighted by Crippen LogP contribution is 2.23. The first kappa shape index (κ1) is 14.6. The maximum atomic E-state index is 9.68. The number of rotatable bonds is 6. The van der Waals surface area contributed by atoms with Gasteiger partial charge in [-0.2, -0.15) is 0 Å². The Labute approximate surface area is 120 Å². The predicted octanol–water partition coefficient (Wildman–Crippen LogP) is 2.20. The number of nitrogens with zero attached hydrogens (tertiary/aromatic N) is 2. The summed E-state index contributed by atoms with van der Waals surface area (Å²) < 4.78 is 7.19. The zero-order valence-electron chi connectivity index (χ0n) is 12.3. The molecule has 0 bridgehead atoms. The first-order valence-electron chi connectivity index (χ1n) is 6.70. The highest BCUT2D eigenvalue weighted by atomic mass is 16.5. The molecule has 1 aromatic carbocycles. The summed E-state index contributed by atoms with van der Waals surface area (Å²) in [7, 11) is 5.69. The molecule has 0 radical (unpaired) electrons. The van der Waals surface area contributed by atoms with Crippen LogP contribution in [0.4, 0.5) is 0 Å². The molecule has 4 heteroatoms. The van der Waals surface area contributed by atoms with Crippen LogP contribution < -0.4 is 4.74 Å². The molecule has 1 unspecified atom stereocenters. The molecule has 2 rings (SSSR count). The average molecular weight is 274 g/mol. The Morgan fingerprint density at radius 1 is 1.25 bits per heavy atom. The van der Waals surface area contributed by atoms with Crippen LogP contribution in [0.2, 0.25) is 0 Å². The maximum absolute atomic E-state index is 9.68. The molecule has 2 aromatic rings. The molecule has 1 atom stereocenters. The highest BCUT2D eigenvalue weighted by molar-refractivity contribution is 5.29. The monoisotopic (exact) mass is 274 g/mol. The van der Waals surface area contributed by atoms with E-state index in [1.165, 1.54) is 5.56 Å². The van der Waals surface area contributed by atoms with Gasteiger partial charge in [0.1, 0.15) is 5.75 Å². The number of aryl methyl sites for hydroxylation is 1.